The highest BCUT2D eigenvalue weighted by Crippen LogP contribution is 2.20. The fraction of sp³-hybridized carbons (Fsp3) is 0.400. The van der Waals surface area contributed by atoms with Gasteiger partial charge in [-0.25, -0.2) is 8.78 Å². The van der Waals surface area contributed by atoms with Gasteiger partial charge in [-0.2, -0.15) is 0 Å². The first-order chi connectivity index (χ1) is 6.06. The van der Waals surface area contributed by atoms with Crippen molar-refractivity contribution >= 4 is 0 Å². The Hall–Kier alpha value is -0.960. The Morgan fingerprint density at radius 3 is 2.00 bits per heavy atom. The summed E-state index contributed by atoms with van der Waals surface area (Å²) < 4.78 is 26.1. The second-order valence-corrected chi connectivity index (χ2v) is 3.28. The summed E-state index contributed by atoms with van der Waals surface area (Å²) in [6.07, 6.45) is 0. The summed E-state index contributed by atoms with van der Waals surface area (Å²) >= 11 is 0. The number of hydrogen-bond donors (Lipinski definition) is 1. The average Bonchev–Trinajstić information content (AvgIpc) is 2.03. The molecule has 0 saturated heterocycles. The molecule has 0 unspecified atom stereocenters. The van der Waals surface area contributed by atoms with Crippen LogP contribution < -0.4 is 0 Å². The lowest BCUT2D eigenvalue weighted by Crippen LogP contribution is -1.99. The van der Waals surface area contributed by atoms with Gasteiger partial charge < -0.3 is 5.11 Å². The SMILES string of the molecule is CC(C)c1cc(F)c(CO)c(F)c1. The molecule has 0 aliphatic rings. The van der Waals surface area contributed by atoms with Crippen molar-refractivity contribution in [1.29, 1.82) is 0 Å². The second-order valence-electron chi connectivity index (χ2n) is 3.28. The topological polar surface area (TPSA) is 20.2 Å². The summed E-state index contributed by atoms with van der Waals surface area (Å²) in [6, 6.07) is 2.53. The number of aliphatic hydroxyl groups excluding tert-OH is 1. The molecule has 0 aromatic heterocycles. The minimum absolute atomic E-state index is 0.0803. The molecule has 0 fully saturated rings. The lowest BCUT2D eigenvalue weighted by Gasteiger charge is -2.08. The first-order valence-corrected chi connectivity index (χ1v) is 4.15. The van der Waals surface area contributed by atoms with Crippen molar-refractivity contribution in [2.45, 2.75) is 26.4 Å². The maximum atomic E-state index is 13.1. The second kappa shape index (κ2) is 3.83. The zero-order valence-corrected chi connectivity index (χ0v) is 7.64. The van der Waals surface area contributed by atoms with Gasteiger partial charge in [0.05, 0.1) is 6.61 Å². The van der Waals surface area contributed by atoms with E-state index in [9.17, 15) is 8.78 Å². The van der Waals surface area contributed by atoms with Gasteiger partial charge in [-0.15, -0.1) is 0 Å². The third kappa shape index (κ3) is 2.04. The number of benzene rings is 1. The molecule has 0 atom stereocenters. The highest BCUT2D eigenvalue weighted by atomic mass is 19.1. The molecule has 3 heteroatoms. The molecule has 0 amide bonds. The molecule has 0 heterocycles. The molecular weight excluding hydrogens is 174 g/mol. The fourth-order valence-electron chi connectivity index (χ4n) is 1.11. The summed E-state index contributed by atoms with van der Waals surface area (Å²) in [4.78, 5) is 0. The molecule has 13 heavy (non-hydrogen) atoms. The summed E-state index contributed by atoms with van der Waals surface area (Å²) in [6.45, 7) is 3.11. The van der Waals surface area contributed by atoms with E-state index in [-0.39, 0.29) is 11.5 Å². The van der Waals surface area contributed by atoms with Gasteiger partial charge in [0.25, 0.3) is 0 Å². The molecule has 1 rings (SSSR count). The third-order valence-corrected chi connectivity index (χ3v) is 1.99. The van der Waals surface area contributed by atoms with E-state index in [1.54, 1.807) is 0 Å². The van der Waals surface area contributed by atoms with Gasteiger partial charge >= 0.3 is 0 Å². The van der Waals surface area contributed by atoms with Crippen molar-refractivity contribution in [3.8, 4) is 0 Å². The van der Waals surface area contributed by atoms with Crippen LogP contribution in [-0.4, -0.2) is 5.11 Å². The average molecular weight is 186 g/mol. The van der Waals surface area contributed by atoms with Crippen molar-refractivity contribution in [2.75, 3.05) is 0 Å². The van der Waals surface area contributed by atoms with E-state index in [0.29, 0.717) is 5.56 Å². The molecule has 0 saturated carbocycles. The Morgan fingerprint density at radius 2 is 1.69 bits per heavy atom. The van der Waals surface area contributed by atoms with E-state index in [2.05, 4.69) is 0 Å². The smallest absolute Gasteiger partial charge is 0.131 e. The number of aliphatic hydroxyl groups is 1. The van der Waals surface area contributed by atoms with Gasteiger partial charge in [-0.1, -0.05) is 13.8 Å². The molecule has 0 bridgehead atoms. The molecule has 0 aliphatic carbocycles. The van der Waals surface area contributed by atoms with Gasteiger partial charge in [0.2, 0.25) is 0 Å². The fourth-order valence-corrected chi connectivity index (χ4v) is 1.11. The largest absolute Gasteiger partial charge is 0.391 e. The van der Waals surface area contributed by atoms with Crippen LogP contribution in [0.15, 0.2) is 12.1 Å². The predicted octanol–water partition coefficient (Wildman–Crippen LogP) is 2.58. The van der Waals surface area contributed by atoms with E-state index in [1.807, 2.05) is 13.8 Å². The Balaban J connectivity index is 3.20. The Morgan fingerprint density at radius 1 is 1.23 bits per heavy atom. The normalized spacial score (nSPS) is 10.9. The Labute approximate surface area is 76.0 Å². The van der Waals surface area contributed by atoms with Crippen LogP contribution in [0, 0.1) is 11.6 Å². The van der Waals surface area contributed by atoms with Gasteiger partial charge in [-0.3, -0.25) is 0 Å². The van der Waals surface area contributed by atoms with Crippen molar-refractivity contribution in [2.24, 2.45) is 0 Å². The number of hydrogen-bond acceptors (Lipinski definition) is 1. The van der Waals surface area contributed by atoms with Crippen LogP contribution >= 0.6 is 0 Å². The van der Waals surface area contributed by atoms with Crippen LogP contribution in [-0.2, 0) is 6.61 Å². The van der Waals surface area contributed by atoms with Gasteiger partial charge in [0.1, 0.15) is 11.6 Å². The van der Waals surface area contributed by atoms with Crippen LogP contribution in [0.5, 0.6) is 0 Å². The molecule has 0 aliphatic heterocycles. The number of rotatable bonds is 2. The molecular formula is C10H12F2O. The van der Waals surface area contributed by atoms with E-state index in [4.69, 9.17) is 5.11 Å². The van der Waals surface area contributed by atoms with Crippen molar-refractivity contribution in [1.82, 2.24) is 0 Å². The van der Waals surface area contributed by atoms with Crippen molar-refractivity contribution in [3.63, 3.8) is 0 Å². The molecule has 1 nitrogen and oxygen atoms in total. The Bertz CT molecular complexity index is 285. The lowest BCUT2D eigenvalue weighted by atomic mass is 10.0. The molecule has 0 spiro atoms. The first kappa shape index (κ1) is 10.1. The van der Waals surface area contributed by atoms with E-state index in [1.165, 1.54) is 12.1 Å². The zero-order chi connectivity index (χ0) is 10.0. The van der Waals surface area contributed by atoms with Crippen LogP contribution in [0.4, 0.5) is 8.78 Å². The predicted molar refractivity (Wildman–Crippen MR) is 46.4 cm³/mol. The first-order valence-electron chi connectivity index (χ1n) is 4.15. The monoisotopic (exact) mass is 186 g/mol. The minimum atomic E-state index is -0.675. The molecule has 72 valence electrons. The van der Waals surface area contributed by atoms with Gasteiger partial charge in [0, 0.05) is 5.56 Å². The number of halogens is 2. The molecule has 0 radical (unpaired) electrons. The lowest BCUT2D eigenvalue weighted by molar-refractivity contribution is 0.268. The van der Waals surface area contributed by atoms with Crippen LogP contribution in [0.3, 0.4) is 0 Å². The van der Waals surface area contributed by atoms with E-state index in [0.717, 1.165) is 0 Å². The van der Waals surface area contributed by atoms with Crippen molar-refractivity contribution in [3.05, 3.63) is 34.9 Å². The van der Waals surface area contributed by atoms with Gasteiger partial charge in [0.15, 0.2) is 0 Å². The van der Waals surface area contributed by atoms with Crippen molar-refractivity contribution < 1.29 is 13.9 Å². The van der Waals surface area contributed by atoms with E-state index >= 15 is 0 Å². The maximum absolute atomic E-state index is 13.1. The molecule has 1 aromatic rings. The standard InChI is InChI=1S/C10H12F2O/c1-6(2)7-3-9(11)8(5-13)10(12)4-7/h3-4,6,13H,5H2,1-2H3. The van der Waals surface area contributed by atoms with Crippen LogP contribution in [0.2, 0.25) is 0 Å². The highest BCUT2D eigenvalue weighted by molar-refractivity contribution is 5.27. The van der Waals surface area contributed by atoms with Gasteiger partial charge in [-0.05, 0) is 23.6 Å². The summed E-state index contributed by atoms with van der Waals surface area (Å²) in [5.41, 5.74) is 0.344. The molecule has 1 N–H and O–H groups in total. The highest BCUT2D eigenvalue weighted by Gasteiger charge is 2.11. The summed E-state index contributed by atoms with van der Waals surface area (Å²) in [7, 11) is 0. The minimum Gasteiger partial charge on any atom is -0.391 e. The third-order valence-electron chi connectivity index (χ3n) is 1.99. The van der Waals surface area contributed by atoms with Crippen LogP contribution in [0.25, 0.3) is 0 Å². The quantitative estimate of drug-likeness (QED) is 0.752. The molecule has 1 aromatic carbocycles. The summed E-state index contributed by atoms with van der Waals surface area (Å²) in [5, 5.41) is 8.65. The Kier molecular flexibility index (Phi) is 2.98. The summed E-state index contributed by atoms with van der Waals surface area (Å²) in [5.74, 6) is -1.27. The van der Waals surface area contributed by atoms with Crippen LogP contribution in [0.1, 0.15) is 30.9 Å². The van der Waals surface area contributed by atoms with E-state index < -0.39 is 18.2 Å². The zero-order valence-electron chi connectivity index (χ0n) is 7.64. The maximum Gasteiger partial charge on any atom is 0.131 e.